The van der Waals surface area contributed by atoms with Crippen LogP contribution < -0.4 is 0 Å². The lowest BCUT2D eigenvalue weighted by molar-refractivity contribution is -0.147. The molecule has 0 N–H and O–H groups in total. The van der Waals surface area contributed by atoms with Gasteiger partial charge in [0.2, 0.25) is 29.0 Å². The highest BCUT2D eigenvalue weighted by Crippen LogP contribution is 2.58. The van der Waals surface area contributed by atoms with Crippen molar-refractivity contribution in [3.8, 4) is 0 Å². The second-order valence-corrected chi connectivity index (χ2v) is 9.93. The largest absolute Gasteiger partial charge is 0.349 e. The Bertz CT molecular complexity index is 1150. The van der Waals surface area contributed by atoms with E-state index >= 15 is 0 Å². The van der Waals surface area contributed by atoms with Crippen molar-refractivity contribution in [1.29, 1.82) is 0 Å². The summed E-state index contributed by atoms with van der Waals surface area (Å²) in [5.41, 5.74) is -0.794. The van der Waals surface area contributed by atoms with E-state index in [9.17, 15) is 19.2 Å². The van der Waals surface area contributed by atoms with E-state index in [0.29, 0.717) is 5.56 Å². The first-order valence-electron chi connectivity index (χ1n) is 10.9. The summed E-state index contributed by atoms with van der Waals surface area (Å²) in [7, 11) is 0. The van der Waals surface area contributed by atoms with Crippen LogP contribution in [-0.2, 0) is 14.3 Å². The number of halogens is 1. The zero-order chi connectivity index (χ0) is 22.2. The number of likely N-dealkylation sites (tertiary alicyclic amines) is 1. The topological polar surface area (TPSA) is 80.8 Å². The van der Waals surface area contributed by atoms with Crippen molar-refractivity contribution in [3.63, 3.8) is 0 Å². The summed E-state index contributed by atoms with van der Waals surface area (Å²) in [6.07, 6.45) is 2.58. The number of ketones is 2. The number of benzene rings is 2. The third kappa shape index (κ3) is 2.43. The van der Waals surface area contributed by atoms with Crippen LogP contribution in [-0.4, -0.2) is 39.9 Å². The van der Waals surface area contributed by atoms with Gasteiger partial charge < -0.3 is 4.74 Å². The Balaban J connectivity index is 1.52. The molecule has 6 nitrogen and oxygen atoms in total. The average Bonchev–Trinajstić information content (AvgIpc) is 3.54. The molecule has 32 heavy (non-hydrogen) atoms. The van der Waals surface area contributed by atoms with E-state index in [0.717, 1.165) is 30.2 Å². The highest BCUT2D eigenvalue weighted by Gasteiger charge is 2.75. The molecular weight excluding hydrogens is 474 g/mol. The Labute approximate surface area is 193 Å². The fourth-order valence-corrected chi connectivity index (χ4v) is 6.28. The molecule has 3 atom stereocenters. The third-order valence-corrected chi connectivity index (χ3v) is 7.97. The molecule has 162 valence electrons. The number of nitrogens with zero attached hydrogens (tertiary/aromatic N) is 1. The number of ether oxygens (including phenoxy) is 1. The minimum Gasteiger partial charge on any atom is -0.349 e. The van der Waals surface area contributed by atoms with Gasteiger partial charge in [-0.15, -0.1) is 0 Å². The van der Waals surface area contributed by atoms with Crippen molar-refractivity contribution in [2.24, 2.45) is 11.8 Å². The van der Waals surface area contributed by atoms with Gasteiger partial charge in [0, 0.05) is 21.6 Å². The van der Waals surface area contributed by atoms with Crippen molar-refractivity contribution in [1.82, 2.24) is 4.90 Å². The molecule has 0 aromatic heterocycles. The zero-order valence-corrected chi connectivity index (χ0v) is 18.7. The predicted octanol–water partition coefficient (Wildman–Crippen LogP) is 3.88. The molecule has 2 heterocycles. The van der Waals surface area contributed by atoms with E-state index in [2.05, 4.69) is 15.9 Å². The van der Waals surface area contributed by atoms with E-state index in [1.807, 2.05) is 12.1 Å². The van der Waals surface area contributed by atoms with Gasteiger partial charge in [0.15, 0.2) is 0 Å². The maximum Gasteiger partial charge on any atom is 0.237 e. The molecule has 2 aliphatic carbocycles. The van der Waals surface area contributed by atoms with Gasteiger partial charge in [0.25, 0.3) is 0 Å². The summed E-state index contributed by atoms with van der Waals surface area (Å²) in [4.78, 5) is 56.0. The predicted molar refractivity (Wildman–Crippen MR) is 117 cm³/mol. The molecule has 1 saturated carbocycles. The molecule has 2 amide bonds. The van der Waals surface area contributed by atoms with Gasteiger partial charge in [0.1, 0.15) is 0 Å². The second-order valence-electron chi connectivity index (χ2n) is 9.02. The van der Waals surface area contributed by atoms with Crippen LogP contribution in [0.3, 0.4) is 0 Å². The van der Waals surface area contributed by atoms with E-state index < -0.39 is 41.0 Å². The minimum absolute atomic E-state index is 0.169. The summed E-state index contributed by atoms with van der Waals surface area (Å²) in [5, 5.41) is 0. The smallest absolute Gasteiger partial charge is 0.237 e. The summed E-state index contributed by atoms with van der Waals surface area (Å²) in [6.45, 7) is 0. The van der Waals surface area contributed by atoms with E-state index in [4.69, 9.17) is 4.74 Å². The van der Waals surface area contributed by atoms with Crippen LogP contribution in [0.4, 0.5) is 0 Å². The molecule has 0 bridgehead atoms. The number of amides is 2. The van der Waals surface area contributed by atoms with Gasteiger partial charge in [-0.05, 0) is 30.5 Å². The Kier molecular flexibility index (Phi) is 4.33. The molecule has 4 aliphatic rings. The quantitative estimate of drug-likeness (QED) is 0.468. The van der Waals surface area contributed by atoms with Crippen molar-refractivity contribution < 1.29 is 23.9 Å². The van der Waals surface area contributed by atoms with Gasteiger partial charge in [-0.25, -0.2) is 0 Å². The molecule has 6 rings (SSSR count). The Hall–Kier alpha value is -2.64. The fourth-order valence-electron chi connectivity index (χ4n) is 6.02. The maximum absolute atomic E-state index is 13.7. The lowest BCUT2D eigenvalue weighted by Gasteiger charge is -2.29. The van der Waals surface area contributed by atoms with Crippen molar-refractivity contribution in [2.45, 2.75) is 43.4 Å². The molecule has 2 aliphatic heterocycles. The normalized spacial score (nSPS) is 28.8. The van der Waals surface area contributed by atoms with E-state index in [-0.39, 0.29) is 23.1 Å². The Morgan fingerprint density at radius 2 is 1.44 bits per heavy atom. The number of imide groups is 1. The number of carbonyl (C=O) groups is 4. The molecule has 0 radical (unpaired) electrons. The van der Waals surface area contributed by atoms with Gasteiger partial charge in [-0.3, -0.25) is 24.1 Å². The van der Waals surface area contributed by atoms with Crippen molar-refractivity contribution in [2.75, 3.05) is 0 Å². The first kappa shape index (κ1) is 20.0. The molecule has 2 aromatic rings. The molecule has 2 saturated heterocycles. The average molecular weight is 494 g/mol. The van der Waals surface area contributed by atoms with Crippen molar-refractivity contribution >= 4 is 39.3 Å². The third-order valence-electron chi connectivity index (χ3n) is 7.44. The Morgan fingerprint density at radius 3 is 2.03 bits per heavy atom. The SMILES string of the molecule is O=C1C2C(c3ccc(Br)cc3)OC3(C(=O)c4ccccc4C3=O)C2C(=O)N1C1CCCC1. The van der Waals surface area contributed by atoms with E-state index in [1.54, 1.807) is 36.4 Å². The molecule has 1 spiro atoms. The standard InChI is InChI=1S/C25H20BrNO5/c26-14-11-9-13(10-12-14)20-18-19(24(31)27(23(18)30)15-5-1-2-6-15)25(32-20)21(28)16-7-3-4-8-17(16)22(25)29/h3-4,7-12,15,18-20H,1-2,5-6H2. The number of hydrogen-bond donors (Lipinski definition) is 0. The van der Waals surface area contributed by atoms with E-state index in [1.165, 1.54) is 4.90 Å². The number of rotatable bonds is 2. The first-order chi connectivity index (χ1) is 15.4. The highest BCUT2D eigenvalue weighted by atomic mass is 79.9. The van der Waals surface area contributed by atoms with Crippen molar-refractivity contribution in [3.05, 3.63) is 69.7 Å². The van der Waals surface area contributed by atoms with Crippen LogP contribution >= 0.6 is 15.9 Å². The summed E-state index contributed by atoms with van der Waals surface area (Å²) in [5.74, 6) is -3.83. The lowest BCUT2D eigenvalue weighted by atomic mass is 9.77. The summed E-state index contributed by atoms with van der Waals surface area (Å²) < 4.78 is 7.13. The highest BCUT2D eigenvalue weighted by molar-refractivity contribution is 9.10. The van der Waals surface area contributed by atoms with Crippen LogP contribution in [0.5, 0.6) is 0 Å². The number of hydrogen-bond acceptors (Lipinski definition) is 5. The van der Waals surface area contributed by atoms with Crippen LogP contribution in [0.15, 0.2) is 53.0 Å². The second kappa shape index (κ2) is 6.93. The molecule has 2 aromatic carbocycles. The van der Waals surface area contributed by atoms with Crippen LogP contribution in [0, 0.1) is 11.8 Å². The fraction of sp³-hybridized carbons (Fsp3) is 0.360. The van der Waals surface area contributed by atoms with Gasteiger partial charge in [-0.1, -0.05) is 65.2 Å². The van der Waals surface area contributed by atoms with Crippen LogP contribution in [0.25, 0.3) is 0 Å². The van der Waals surface area contributed by atoms with Crippen LogP contribution in [0.2, 0.25) is 0 Å². The monoisotopic (exact) mass is 493 g/mol. The van der Waals surface area contributed by atoms with Gasteiger partial charge in [-0.2, -0.15) is 0 Å². The number of Topliss-reactive ketones (excluding diaryl/α,β-unsaturated/α-hetero) is 2. The molecular formula is C25H20BrNO5. The number of carbonyl (C=O) groups excluding carboxylic acids is 4. The summed E-state index contributed by atoms with van der Waals surface area (Å²) in [6, 6.07) is 13.6. The Morgan fingerprint density at radius 1 is 0.844 bits per heavy atom. The van der Waals surface area contributed by atoms with Gasteiger partial charge in [0.05, 0.1) is 17.9 Å². The van der Waals surface area contributed by atoms with Gasteiger partial charge >= 0.3 is 0 Å². The molecule has 3 unspecified atom stereocenters. The molecule has 3 fully saturated rings. The van der Waals surface area contributed by atoms with Crippen LogP contribution in [0.1, 0.15) is 58.1 Å². The zero-order valence-electron chi connectivity index (χ0n) is 17.1. The lowest BCUT2D eigenvalue weighted by Crippen LogP contribution is -2.51. The maximum atomic E-state index is 13.7. The number of fused-ring (bicyclic) bond motifs is 3. The summed E-state index contributed by atoms with van der Waals surface area (Å²) >= 11 is 3.41. The molecule has 7 heteroatoms. The minimum atomic E-state index is -1.98. The first-order valence-corrected chi connectivity index (χ1v) is 11.7.